The fourth-order valence-electron chi connectivity index (χ4n) is 3.23. The molecule has 4 heteroatoms. The van der Waals surface area contributed by atoms with E-state index in [0.717, 1.165) is 44.6 Å². The Morgan fingerprint density at radius 2 is 2.16 bits per heavy atom. The van der Waals surface area contributed by atoms with Crippen LogP contribution < -0.4 is 10.6 Å². The van der Waals surface area contributed by atoms with Crippen molar-refractivity contribution in [1.82, 2.24) is 10.6 Å². The molecule has 0 aromatic carbocycles. The lowest BCUT2D eigenvalue weighted by atomic mass is 9.86. The normalized spacial score (nSPS) is 33.6. The highest BCUT2D eigenvalue weighted by atomic mass is 16.2. The van der Waals surface area contributed by atoms with Crippen molar-refractivity contribution in [3.63, 3.8) is 0 Å². The van der Waals surface area contributed by atoms with Gasteiger partial charge < -0.3 is 5.32 Å². The lowest BCUT2D eigenvalue weighted by Crippen LogP contribution is -2.46. The molecule has 2 N–H and O–H groups in total. The van der Waals surface area contributed by atoms with Crippen LogP contribution in [-0.4, -0.2) is 24.0 Å². The molecule has 2 unspecified atom stereocenters. The lowest BCUT2D eigenvalue weighted by Gasteiger charge is -2.25. The van der Waals surface area contributed by atoms with Gasteiger partial charge in [0.2, 0.25) is 0 Å². The first kappa shape index (κ1) is 14.4. The van der Waals surface area contributed by atoms with Crippen LogP contribution in [0.4, 0.5) is 0 Å². The summed E-state index contributed by atoms with van der Waals surface area (Å²) >= 11 is 0. The monoisotopic (exact) mass is 265 g/mol. The second-order valence-corrected chi connectivity index (χ2v) is 6.33. The predicted molar refractivity (Wildman–Crippen MR) is 78.0 cm³/mol. The summed E-state index contributed by atoms with van der Waals surface area (Å²) in [6.45, 7) is 7.45. The number of carbonyl (C=O) groups is 1. The topological polar surface area (TPSA) is 53.5 Å². The van der Waals surface area contributed by atoms with E-state index in [-0.39, 0.29) is 11.4 Å². The lowest BCUT2D eigenvalue weighted by molar-refractivity contribution is -0.124. The summed E-state index contributed by atoms with van der Waals surface area (Å²) in [7, 11) is 0. The van der Waals surface area contributed by atoms with Crippen molar-refractivity contribution in [2.24, 2.45) is 16.8 Å². The van der Waals surface area contributed by atoms with Crippen LogP contribution in [0.1, 0.15) is 59.3 Å². The summed E-state index contributed by atoms with van der Waals surface area (Å²) in [6.07, 6.45) is 6.39. The number of aliphatic imine (C=N–C) groups is 1. The van der Waals surface area contributed by atoms with Gasteiger partial charge in [-0.25, -0.2) is 0 Å². The highest BCUT2D eigenvalue weighted by Crippen LogP contribution is 2.35. The van der Waals surface area contributed by atoms with E-state index < -0.39 is 0 Å². The minimum Gasteiger partial charge on any atom is -0.342 e. The van der Waals surface area contributed by atoms with E-state index in [4.69, 9.17) is 0 Å². The SMILES string of the molecule is CCCN=C1NC(=O)C2(CCCC(C(C)C)CC2)N1. The van der Waals surface area contributed by atoms with Gasteiger partial charge in [-0.05, 0) is 37.5 Å². The molecular formula is C15H27N3O. The van der Waals surface area contributed by atoms with Crippen molar-refractivity contribution in [3.05, 3.63) is 0 Å². The Balaban J connectivity index is 2.05. The van der Waals surface area contributed by atoms with E-state index in [2.05, 4.69) is 36.4 Å². The number of nitrogens with zero attached hydrogens (tertiary/aromatic N) is 1. The summed E-state index contributed by atoms with van der Waals surface area (Å²) in [6, 6.07) is 0. The Morgan fingerprint density at radius 3 is 2.84 bits per heavy atom. The average molecular weight is 265 g/mol. The van der Waals surface area contributed by atoms with Gasteiger partial charge in [0.25, 0.3) is 5.91 Å². The zero-order valence-corrected chi connectivity index (χ0v) is 12.5. The molecule has 1 heterocycles. The first-order chi connectivity index (χ1) is 9.07. The number of hydrogen-bond acceptors (Lipinski definition) is 2. The summed E-state index contributed by atoms with van der Waals surface area (Å²) in [5, 5.41) is 6.30. The number of hydrogen-bond donors (Lipinski definition) is 2. The summed E-state index contributed by atoms with van der Waals surface area (Å²) < 4.78 is 0. The third-order valence-electron chi connectivity index (χ3n) is 4.58. The molecule has 2 fully saturated rings. The van der Waals surface area contributed by atoms with E-state index in [9.17, 15) is 4.79 Å². The van der Waals surface area contributed by atoms with Crippen molar-refractivity contribution in [1.29, 1.82) is 0 Å². The van der Waals surface area contributed by atoms with Gasteiger partial charge >= 0.3 is 0 Å². The maximum atomic E-state index is 12.3. The zero-order valence-electron chi connectivity index (χ0n) is 12.5. The van der Waals surface area contributed by atoms with E-state index in [1.54, 1.807) is 0 Å². The van der Waals surface area contributed by atoms with Crippen molar-refractivity contribution in [3.8, 4) is 0 Å². The maximum absolute atomic E-state index is 12.3. The smallest absolute Gasteiger partial charge is 0.252 e. The standard InChI is InChI=1S/C15H27N3O/c1-4-10-16-14-17-13(19)15(18-14)8-5-6-12(7-9-15)11(2)3/h11-12H,4-10H2,1-3H3,(H2,16,17,18,19). The first-order valence-corrected chi connectivity index (χ1v) is 7.71. The fraction of sp³-hybridized carbons (Fsp3) is 0.867. The van der Waals surface area contributed by atoms with Gasteiger partial charge in [-0.3, -0.25) is 15.1 Å². The predicted octanol–water partition coefficient (Wildman–Crippen LogP) is 2.45. The van der Waals surface area contributed by atoms with Crippen LogP contribution in [0.3, 0.4) is 0 Å². The van der Waals surface area contributed by atoms with Gasteiger partial charge in [-0.1, -0.05) is 33.6 Å². The molecule has 1 aliphatic carbocycles. The highest BCUT2D eigenvalue weighted by Gasteiger charge is 2.45. The minimum atomic E-state index is -0.379. The fourth-order valence-corrected chi connectivity index (χ4v) is 3.23. The van der Waals surface area contributed by atoms with Crippen molar-refractivity contribution in [2.45, 2.75) is 64.8 Å². The quantitative estimate of drug-likeness (QED) is 0.823. The second-order valence-electron chi connectivity index (χ2n) is 6.33. The molecule has 1 amide bonds. The zero-order chi connectivity index (χ0) is 13.9. The van der Waals surface area contributed by atoms with E-state index >= 15 is 0 Å². The van der Waals surface area contributed by atoms with Crippen molar-refractivity contribution >= 4 is 11.9 Å². The molecule has 2 atom stereocenters. The largest absolute Gasteiger partial charge is 0.342 e. The second kappa shape index (κ2) is 5.93. The van der Waals surface area contributed by atoms with Gasteiger partial charge in [0.15, 0.2) is 5.96 Å². The third-order valence-corrected chi connectivity index (χ3v) is 4.58. The molecule has 1 saturated carbocycles. The average Bonchev–Trinajstić information content (AvgIpc) is 2.56. The molecule has 0 radical (unpaired) electrons. The van der Waals surface area contributed by atoms with Crippen LogP contribution in [0.5, 0.6) is 0 Å². The van der Waals surface area contributed by atoms with Crippen LogP contribution in [0, 0.1) is 11.8 Å². The maximum Gasteiger partial charge on any atom is 0.252 e. The number of carbonyl (C=O) groups excluding carboxylic acids is 1. The molecule has 0 aromatic heterocycles. The summed E-state index contributed by atoms with van der Waals surface area (Å²) in [4.78, 5) is 16.7. The molecular weight excluding hydrogens is 238 g/mol. The molecule has 0 aromatic rings. The third kappa shape index (κ3) is 3.10. The molecule has 108 valence electrons. The summed E-state index contributed by atoms with van der Waals surface area (Å²) in [5.74, 6) is 2.29. The molecule has 2 aliphatic rings. The Kier molecular flexibility index (Phi) is 4.48. The number of guanidine groups is 1. The Bertz CT molecular complexity index is 364. The van der Waals surface area contributed by atoms with Crippen molar-refractivity contribution < 1.29 is 4.79 Å². The minimum absolute atomic E-state index is 0.131. The molecule has 1 aliphatic heterocycles. The molecule has 19 heavy (non-hydrogen) atoms. The van der Waals surface area contributed by atoms with Crippen LogP contribution in [0.15, 0.2) is 4.99 Å². The molecule has 0 bridgehead atoms. The number of nitrogens with one attached hydrogen (secondary N) is 2. The van der Waals surface area contributed by atoms with Crippen LogP contribution in [0.2, 0.25) is 0 Å². The van der Waals surface area contributed by atoms with Gasteiger partial charge in [0.05, 0.1) is 0 Å². The van der Waals surface area contributed by atoms with E-state index in [0.29, 0.717) is 11.9 Å². The van der Waals surface area contributed by atoms with E-state index in [1.807, 2.05) is 0 Å². The highest BCUT2D eigenvalue weighted by molar-refractivity contribution is 6.09. The Hall–Kier alpha value is -1.06. The Morgan fingerprint density at radius 1 is 1.37 bits per heavy atom. The molecule has 4 nitrogen and oxygen atoms in total. The van der Waals surface area contributed by atoms with Gasteiger partial charge in [-0.15, -0.1) is 0 Å². The summed E-state index contributed by atoms with van der Waals surface area (Å²) in [5.41, 5.74) is -0.379. The molecule has 1 saturated heterocycles. The number of amides is 1. The van der Waals surface area contributed by atoms with Crippen LogP contribution in [0.25, 0.3) is 0 Å². The van der Waals surface area contributed by atoms with E-state index in [1.165, 1.54) is 6.42 Å². The van der Waals surface area contributed by atoms with Gasteiger partial charge in [0, 0.05) is 6.54 Å². The first-order valence-electron chi connectivity index (χ1n) is 7.71. The van der Waals surface area contributed by atoms with Crippen LogP contribution in [-0.2, 0) is 4.79 Å². The molecule has 1 spiro atoms. The van der Waals surface area contributed by atoms with Gasteiger partial charge in [0.1, 0.15) is 5.54 Å². The molecule has 2 rings (SSSR count). The Labute approximate surface area is 116 Å². The number of rotatable bonds is 3. The van der Waals surface area contributed by atoms with Crippen molar-refractivity contribution in [2.75, 3.05) is 6.54 Å². The van der Waals surface area contributed by atoms with Gasteiger partial charge in [-0.2, -0.15) is 0 Å². The van der Waals surface area contributed by atoms with Crippen LogP contribution >= 0.6 is 0 Å².